The summed E-state index contributed by atoms with van der Waals surface area (Å²) in [6.45, 7) is 3.39. The van der Waals surface area contributed by atoms with Crippen molar-refractivity contribution in [3.63, 3.8) is 0 Å². The third-order valence-corrected chi connectivity index (χ3v) is 7.50. The van der Waals surface area contributed by atoms with Crippen LogP contribution in [0.4, 0.5) is 0 Å². The third kappa shape index (κ3) is 4.71. The SMILES string of the molecule is COc1ccc([C@@H]2[C@@H](C(=O)N3CCN(C)CC3)c3ccccc3C(=O)N2Cc2ccc(Cl)cc2)cc1. The second kappa shape index (κ2) is 10.3. The number of ether oxygens (including phenoxy) is 1. The highest BCUT2D eigenvalue weighted by Gasteiger charge is 2.45. The Morgan fingerprint density at radius 1 is 0.944 bits per heavy atom. The Hall–Kier alpha value is -3.35. The Bertz CT molecular complexity index is 1240. The number of hydrogen-bond donors (Lipinski definition) is 0. The van der Waals surface area contributed by atoms with Crippen LogP contribution in [0.25, 0.3) is 0 Å². The number of piperazine rings is 1. The number of carbonyl (C=O) groups excluding carboxylic acids is 2. The molecule has 0 bridgehead atoms. The first-order chi connectivity index (χ1) is 17.5. The number of carbonyl (C=O) groups is 2. The molecule has 1 saturated heterocycles. The van der Waals surface area contributed by atoms with Crippen molar-refractivity contribution in [3.8, 4) is 5.75 Å². The van der Waals surface area contributed by atoms with Gasteiger partial charge in [0.2, 0.25) is 5.91 Å². The van der Waals surface area contributed by atoms with Crippen molar-refractivity contribution < 1.29 is 14.3 Å². The lowest BCUT2D eigenvalue weighted by Crippen LogP contribution is -2.52. The Balaban J connectivity index is 1.62. The van der Waals surface area contributed by atoms with Gasteiger partial charge in [-0.2, -0.15) is 0 Å². The van der Waals surface area contributed by atoms with E-state index < -0.39 is 12.0 Å². The molecule has 2 aliphatic heterocycles. The van der Waals surface area contributed by atoms with E-state index in [4.69, 9.17) is 16.3 Å². The van der Waals surface area contributed by atoms with Crippen LogP contribution in [0.15, 0.2) is 72.8 Å². The summed E-state index contributed by atoms with van der Waals surface area (Å²) in [5.74, 6) is 0.198. The zero-order valence-corrected chi connectivity index (χ0v) is 21.3. The van der Waals surface area contributed by atoms with E-state index in [1.54, 1.807) is 7.11 Å². The van der Waals surface area contributed by atoms with Crippen LogP contribution in [0.1, 0.15) is 39.0 Å². The first-order valence-electron chi connectivity index (χ1n) is 12.2. The Kier molecular flexibility index (Phi) is 6.99. The van der Waals surface area contributed by atoms with Gasteiger partial charge >= 0.3 is 0 Å². The summed E-state index contributed by atoms with van der Waals surface area (Å²) < 4.78 is 5.37. The summed E-state index contributed by atoms with van der Waals surface area (Å²) in [7, 11) is 3.70. The average molecular weight is 504 g/mol. The summed E-state index contributed by atoms with van der Waals surface area (Å²) in [6.07, 6.45) is 0. The standard InChI is InChI=1S/C29H30ClN3O3/c1-31-15-17-32(18-16-31)29(35)26-24-5-3-4-6-25(24)28(34)33(19-20-7-11-22(30)12-8-20)27(26)21-9-13-23(36-2)14-10-21/h3-14,26-27H,15-19H2,1-2H3/t26-,27+/m0/s1. The number of halogens is 1. The third-order valence-electron chi connectivity index (χ3n) is 7.24. The molecule has 2 heterocycles. The number of likely N-dealkylation sites (N-methyl/N-ethyl adjacent to an activating group) is 1. The van der Waals surface area contributed by atoms with Crippen molar-refractivity contribution in [1.82, 2.24) is 14.7 Å². The molecule has 0 radical (unpaired) electrons. The molecule has 0 aliphatic carbocycles. The molecule has 0 unspecified atom stereocenters. The molecule has 0 aromatic heterocycles. The fourth-order valence-corrected chi connectivity index (χ4v) is 5.34. The van der Waals surface area contributed by atoms with Crippen LogP contribution < -0.4 is 4.74 Å². The molecule has 2 amide bonds. The van der Waals surface area contributed by atoms with E-state index in [1.807, 2.05) is 82.6 Å². The van der Waals surface area contributed by atoms with E-state index in [0.717, 1.165) is 35.5 Å². The predicted octanol–water partition coefficient (Wildman–Crippen LogP) is 4.60. The highest BCUT2D eigenvalue weighted by molar-refractivity contribution is 6.30. The fraction of sp³-hybridized carbons (Fsp3) is 0.310. The van der Waals surface area contributed by atoms with E-state index in [1.165, 1.54) is 0 Å². The molecule has 0 saturated carbocycles. The second-order valence-electron chi connectivity index (χ2n) is 9.47. The Morgan fingerprint density at radius 2 is 1.61 bits per heavy atom. The molecule has 3 aromatic rings. The molecular formula is C29H30ClN3O3. The van der Waals surface area contributed by atoms with Crippen molar-refractivity contribution in [1.29, 1.82) is 0 Å². The number of nitrogens with zero attached hydrogens (tertiary/aromatic N) is 3. The lowest BCUT2D eigenvalue weighted by Gasteiger charge is -2.44. The monoisotopic (exact) mass is 503 g/mol. The predicted molar refractivity (Wildman–Crippen MR) is 140 cm³/mol. The molecular weight excluding hydrogens is 474 g/mol. The Morgan fingerprint density at radius 3 is 2.28 bits per heavy atom. The molecule has 36 heavy (non-hydrogen) atoms. The minimum Gasteiger partial charge on any atom is -0.497 e. The second-order valence-corrected chi connectivity index (χ2v) is 9.91. The van der Waals surface area contributed by atoms with Crippen LogP contribution in [0.3, 0.4) is 0 Å². The van der Waals surface area contributed by atoms with Crippen LogP contribution in [0.2, 0.25) is 5.02 Å². The molecule has 3 aromatic carbocycles. The van der Waals surface area contributed by atoms with E-state index in [-0.39, 0.29) is 11.8 Å². The highest BCUT2D eigenvalue weighted by Crippen LogP contribution is 2.44. The van der Waals surface area contributed by atoms with Crippen molar-refractivity contribution >= 4 is 23.4 Å². The van der Waals surface area contributed by atoms with E-state index in [2.05, 4.69) is 11.9 Å². The number of fused-ring (bicyclic) bond motifs is 1. The van der Waals surface area contributed by atoms with Crippen LogP contribution in [-0.4, -0.2) is 66.9 Å². The molecule has 0 N–H and O–H groups in total. The van der Waals surface area contributed by atoms with Crippen molar-refractivity contribution in [2.24, 2.45) is 0 Å². The Labute approximate surface area is 217 Å². The number of rotatable bonds is 5. The molecule has 5 rings (SSSR count). The summed E-state index contributed by atoms with van der Waals surface area (Å²) >= 11 is 6.12. The van der Waals surface area contributed by atoms with Gasteiger partial charge in [0, 0.05) is 43.3 Å². The van der Waals surface area contributed by atoms with Gasteiger partial charge < -0.3 is 19.4 Å². The van der Waals surface area contributed by atoms with Gasteiger partial charge in [-0.3, -0.25) is 9.59 Å². The van der Waals surface area contributed by atoms with Crippen LogP contribution >= 0.6 is 11.6 Å². The van der Waals surface area contributed by atoms with E-state index in [0.29, 0.717) is 30.2 Å². The number of hydrogen-bond acceptors (Lipinski definition) is 4. The molecule has 2 atom stereocenters. The molecule has 2 aliphatic rings. The maximum absolute atomic E-state index is 14.2. The smallest absolute Gasteiger partial charge is 0.255 e. The first kappa shape index (κ1) is 24.3. The lowest BCUT2D eigenvalue weighted by atomic mass is 9.78. The van der Waals surface area contributed by atoms with Crippen molar-refractivity contribution in [3.05, 3.63) is 100 Å². The molecule has 0 spiro atoms. The first-order valence-corrected chi connectivity index (χ1v) is 12.6. The van der Waals surface area contributed by atoms with E-state index >= 15 is 0 Å². The zero-order chi connectivity index (χ0) is 25.2. The van der Waals surface area contributed by atoms with Crippen molar-refractivity contribution in [2.45, 2.75) is 18.5 Å². The maximum atomic E-state index is 14.2. The zero-order valence-electron chi connectivity index (χ0n) is 20.6. The molecule has 7 heteroatoms. The lowest BCUT2D eigenvalue weighted by molar-refractivity contribution is -0.136. The van der Waals surface area contributed by atoms with Gasteiger partial charge in [-0.25, -0.2) is 0 Å². The number of benzene rings is 3. The van der Waals surface area contributed by atoms with Gasteiger partial charge in [0.15, 0.2) is 0 Å². The van der Waals surface area contributed by atoms with Gasteiger partial charge in [0.1, 0.15) is 5.75 Å². The molecule has 186 valence electrons. The minimum atomic E-state index is -0.511. The van der Waals surface area contributed by atoms with Crippen LogP contribution in [-0.2, 0) is 11.3 Å². The van der Waals surface area contributed by atoms with Gasteiger partial charge in [-0.05, 0) is 54.1 Å². The number of amides is 2. The number of methoxy groups -OCH3 is 1. The quantitative estimate of drug-likeness (QED) is 0.510. The van der Waals surface area contributed by atoms with Gasteiger partial charge in [-0.1, -0.05) is 54.1 Å². The summed E-state index contributed by atoms with van der Waals surface area (Å²) in [5, 5.41) is 0.642. The minimum absolute atomic E-state index is 0.0602. The normalized spacial score (nSPS) is 20.2. The summed E-state index contributed by atoms with van der Waals surface area (Å²) in [6, 6.07) is 22.3. The maximum Gasteiger partial charge on any atom is 0.255 e. The van der Waals surface area contributed by atoms with Gasteiger partial charge in [0.25, 0.3) is 5.91 Å². The van der Waals surface area contributed by atoms with Crippen LogP contribution in [0, 0.1) is 0 Å². The molecule has 1 fully saturated rings. The summed E-state index contributed by atoms with van der Waals surface area (Å²) in [5.41, 5.74) is 3.24. The largest absolute Gasteiger partial charge is 0.497 e. The summed E-state index contributed by atoms with van der Waals surface area (Å²) in [4.78, 5) is 34.2. The van der Waals surface area contributed by atoms with Crippen molar-refractivity contribution in [2.75, 3.05) is 40.3 Å². The van der Waals surface area contributed by atoms with Gasteiger partial charge in [-0.15, -0.1) is 0 Å². The fourth-order valence-electron chi connectivity index (χ4n) is 5.22. The van der Waals surface area contributed by atoms with Gasteiger partial charge in [0.05, 0.1) is 19.1 Å². The molecule has 6 nitrogen and oxygen atoms in total. The van der Waals surface area contributed by atoms with Crippen LogP contribution in [0.5, 0.6) is 5.75 Å². The topological polar surface area (TPSA) is 53.1 Å². The highest BCUT2D eigenvalue weighted by atomic mass is 35.5. The average Bonchev–Trinajstić information content (AvgIpc) is 2.91. The van der Waals surface area contributed by atoms with E-state index in [9.17, 15) is 9.59 Å².